The number of rotatable bonds is 8. The van der Waals surface area contributed by atoms with Gasteiger partial charge in [0.15, 0.2) is 0 Å². The summed E-state index contributed by atoms with van der Waals surface area (Å²) in [6.45, 7) is 7.56. The molecule has 0 unspecified atom stereocenters. The maximum atomic E-state index is 8.82. The lowest BCUT2D eigenvalue weighted by Gasteiger charge is -2.08. The molecule has 0 radical (unpaired) electrons. The Morgan fingerprint density at radius 3 is 2.72 bits per heavy atom. The van der Waals surface area contributed by atoms with Crippen molar-refractivity contribution in [2.24, 2.45) is 5.92 Å². The molecule has 0 aliphatic carbocycles. The number of aryl methyl sites for hydroxylation is 1. The van der Waals surface area contributed by atoms with Gasteiger partial charge in [-0.05, 0) is 25.2 Å². The molecule has 1 aromatic rings. The molecule has 1 aromatic heterocycles. The van der Waals surface area contributed by atoms with Crippen LogP contribution in [0.2, 0.25) is 0 Å². The van der Waals surface area contributed by atoms with E-state index >= 15 is 0 Å². The van der Waals surface area contributed by atoms with Gasteiger partial charge >= 0.3 is 0 Å². The number of nitrogens with zero attached hydrogens (tertiary/aromatic N) is 4. The molecule has 1 heterocycles. The first-order valence-electron chi connectivity index (χ1n) is 6.97. The Labute approximate surface area is 110 Å². The lowest BCUT2D eigenvalue weighted by Crippen LogP contribution is -2.08. The molecule has 0 atom stereocenters. The molecule has 18 heavy (non-hydrogen) atoms. The van der Waals surface area contributed by atoms with Crippen LogP contribution in [0.25, 0.3) is 0 Å². The van der Waals surface area contributed by atoms with E-state index in [1.54, 1.807) is 0 Å². The molecular weight excluding hydrogens is 224 g/mol. The van der Waals surface area contributed by atoms with Gasteiger partial charge < -0.3 is 0 Å². The first-order valence-corrected chi connectivity index (χ1v) is 6.97. The maximum Gasteiger partial charge on any atom is 0.0999 e. The quantitative estimate of drug-likeness (QED) is 0.664. The summed E-state index contributed by atoms with van der Waals surface area (Å²) in [7, 11) is 0. The van der Waals surface area contributed by atoms with E-state index in [4.69, 9.17) is 5.26 Å². The molecular formula is C14H24N4. The van der Waals surface area contributed by atoms with Crippen molar-refractivity contribution in [3.05, 3.63) is 11.4 Å². The van der Waals surface area contributed by atoms with Crippen LogP contribution in [0.3, 0.4) is 0 Å². The van der Waals surface area contributed by atoms with Crippen LogP contribution in [0.4, 0.5) is 0 Å². The first kappa shape index (κ1) is 14.7. The van der Waals surface area contributed by atoms with Crippen LogP contribution in [0.15, 0.2) is 0 Å². The molecule has 0 N–H and O–H groups in total. The molecule has 0 aromatic carbocycles. The van der Waals surface area contributed by atoms with Crippen molar-refractivity contribution < 1.29 is 0 Å². The second-order valence-electron chi connectivity index (χ2n) is 5.18. The van der Waals surface area contributed by atoms with E-state index < -0.39 is 0 Å². The summed E-state index contributed by atoms with van der Waals surface area (Å²) in [5.74, 6) is 0.666. The third-order valence-electron chi connectivity index (χ3n) is 3.10. The van der Waals surface area contributed by atoms with Crippen molar-refractivity contribution in [3.8, 4) is 6.07 Å². The average molecular weight is 248 g/mol. The fourth-order valence-electron chi connectivity index (χ4n) is 1.97. The SMILES string of the molecule is CCCCCn1nnc(CC#N)c1CCC(C)C. The van der Waals surface area contributed by atoms with Gasteiger partial charge in [0.1, 0.15) is 0 Å². The van der Waals surface area contributed by atoms with Crippen LogP contribution in [-0.2, 0) is 19.4 Å². The van der Waals surface area contributed by atoms with E-state index in [1.807, 2.05) is 4.68 Å². The van der Waals surface area contributed by atoms with E-state index in [0.29, 0.717) is 12.3 Å². The number of unbranched alkanes of at least 4 members (excludes halogenated alkanes) is 2. The highest BCUT2D eigenvalue weighted by Gasteiger charge is 2.12. The largest absolute Gasteiger partial charge is 0.249 e. The minimum Gasteiger partial charge on any atom is -0.249 e. The average Bonchev–Trinajstić information content (AvgIpc) is 2.70. The summed E-state index contributed by atoms with van der Waals surface area (Å²) in [5.41, 5.74) is 2.04. The van der Waals surface area contributed by atoms with Crippen molar-refractivity contribution in [1.82, 2.24) is 15.0 Å². The molecule has 1 rings (SSSR count). The number of aromatic nitrogens is 3. The van der Waals surface area contributed by atoms with Crippen LogP contribution in [0.5, 0.6) is 0 Å². The highest BCUT2D eigenvalue weighted by molar-refractivity contribution is 5.14. The number of hydrogen-bond acceptors (Lipinski definition) is 3. The normalized spacial score (nSPS) is 10.8. The predicted molar refractivity (Wildman–Crippen MR) is 72.0 cm³/mol. The zero-order valence-corrected chi connectivity index (χ0v) is 11.8. The van der Waals surface area contributed by atoms with Gasteiger partial charge in [-0.3, -0.25) is 0 Å². The molecule has 0 amide bonds. The van der Waals surface area contributed by atoms with Crippen LogP contribution >= 0.6 is 0 Å². The summed E-state index contributed by atoms with van der Waals surface area (Å²) in [5, 5.41) is 17.2. The van der Waals surface area contributed by atoms with Gasteiger partial charge in [0.05, 0.1) is 23.9 Å². The monoisotopic (exact) mass is 248 g/mol. The molecule has 0 bridgehead atoms. The number of hydrogen-bond donors (Lipinski definition) is 0. The minimum absolute atomic E-state index is 0.376. The van der Waals surface area contributed by atoms with E-state index in [1.165, 1.54) is 18.5 Å². The molecule has 0 spiro atoms. The van der Waals surface area contributed by atoms with Crippen LogP contribution in [0, 0.1) is 17.2 Å². The Kier molecular flexibility index (Phi) is 6.42. The van der Waals surface area contributed by atoms with Crippen molar-refractivity contribution >= 4 is 0 Å². The molecule has 4 nitrogen and oxygen atoms in total. The highest BCUT2D eigenvalue weighted by Crippen LogP contribution is 2.13. The van der Waals surface area contributed by atoms with Crippen molar-refractivity contribution in [3.63, 3.8) is 0 Å². The lowest BCUT2D eigenvalue weighted by atomic mass is 10.0. The van der Waals surface area contributed by atoms with Crippen LogP contribution < -0.4 is 0 Å². The maximum absolute atomic E-state index is 8.82. The Morgan fingerprint density at radius 1 is 1.33 bits per heavy atom. The Morgan fingerprint density at radius 2 is 2.11 bits per heavy atom. The Bertz CT molecular complexity index is 387. The zero-order chi connectivity index (χ0) is 13.4. The van der Waals surface area contributed by atoms with Crippen molar-refractivity contribution in [2.75, 3.05) is 0 Å². The third kappa shape index (κ3) is 4.48. The van der Waals surface area contributed by atoms with Crippen LogP contribution in [-0.4, -0.2) is 15.0 Å². The van der Waals surface area contributed by atoms with Gasteiger partial charge in [0.25, 0.3) is 0 Å². The summed E-state index contributed by atoms with van der Waals surface area (Å²) < 4.78 is 2.00. The molecule has 0 aliphatic heterocycles. The molecule has 100 valence electrons. The van der Waals surface area contributed by atoms with Crippen molar-refractivity contribution in [1.29, 1.82) is 5.26 Å². The van der Waals surface area contributed by atoms with Gasteiger partial charge in [-0.15, -0.1) is 5.10 Å². The standard InChI is InChI=1S/C14H24N4/c1-4-5-6-11-18-14(8-7-12(2)3)13(9-10-15)16-17-18/h12H,4-9,11H2,1-3H3. The fourth-order valence-corrected chi connectivity index (χ4v) is 1.97. The van der Waals surface area contributed by atoms with E-state index in [2.05, 4.69) is 37.2 Å². The molecule has 4 heteroatoms. The fraction of sp³-hybridized carbons (Fsp3) is 0.786. The molecule has 0 saturated heterocycles. The predicted octanol–water partition coefficient (Wildman–Crippen LogP) is 3.12. The van der Waals surface area contributed by atoms with Gasteiger partial charge in [-0.25, -0.2) is 4.68 Å². The van der Waals surface area contributed by atoms with Crippen LogP contribution in [0.1, 0.15) is 57.8 Å². The van der Waals surface area contributed by atoms with E-state index in [-0.39, 0.29) is 0 Å². The summed E-state index contributed by atoms with van der Waals surface area (Å²) >= 11 is 0. The van der Waals surface area contributed by atoms with Gasteiger partial charge in [0.2, 0.25) is 0 Å². The highest BCUT2D eigenvalue weighted by atomic mass is 15.4. The van der Waals surface area contributed by atoms with Gasteiger partial charge in [-0.2, -0.15) is 5.26 Å². The van der Waals surface area contributed by atoms with E-state index in [9.17, 15) is 0 Å². The Balaban J connectivity index is 2.72. The second kappa shape index (κ2) is 7.86. The summed E-state index contributed by atoms with van der Waals surface area (Å²) in [6, 6.07) is 2.18. The zero-order valence-electron chi connectivity index (χ0n) is 11.8. The van der Waals surface area contributed by atoms with Gasteiger partial charge in [0, 0.05) is 6.54 Å². The third-order valence-corrected chi connectivity index (χ3v) is 3.10. The smallest absolute Gasteiger partial charge is 0.0999 e. The topological polar surface area (TPSA) is 54.5 Å². The molecule has 0 fully saturated rings. The minimum atomic E-state index is 0.376. The molecule has 0 saturated carbocycles. The second-order valence-corrected chi connectivity index (χ2v) is 5.18. The Hall–Kier alpha value is -1.37. The number of nitriles is 1. The molecule has 0 aliphatic rings. The van der Waals surface area contributed by atoms with E-state index in [0.717, 1.165) is 31.5 Å². The lowest BCUT2D eigenvalue weighted by molar-refractivity contribution is 0.501. The summed E-state index contributed by atoms with van der Waals surface area (Å²) in [4.78, 5) is 0. The first-order chi connectivity index (χ1) is 8.69. The summed E-state index contributed by atoms with van der Waals surface area (Å²) in [6.07, 6.45) is 6.05. The van der Waals surface area contributed by atoms with Gasteiger partial charge in [-0.1, -0.05) is 38.8 Å². The van der Waals surface area contributed by atoms with Crippen molar-refractivity contribution in [2.45, 2.75) is 65.8 Å².